The molecule has 2 N–H and O–H groups in total. The highest BCUT2D eigenvalue weighted by Gasteiger charge is 2.40. The van der Waals surface area contributed by atoms with Gasteiger partial charge in [0, 0.05) is 6.04 Å². The van der Waals surface area contributed by atoms with E-state index in [4.69, 9.17) is 4.74 Å². The van der Waals surface area contributed by atoms with Crippen molar-refractivity contribution in [2.75, 3.05) is 0 Å². The van der Waals surface area contributed by atoms with Crippen LogP contribution in [-0.4, -0.2) is 29.7 Å². The van der Waals surface area contributed by atoms with E-state index >= 15 is 0 Å². The van der Waals surface area contributed by atoms with E-state index in [0.717, 1.165) is 12.3 Å². The van der Waals surface area contributed by atoms with E-state index in [1.807, 2.05) is 0 Å². The Morgan fingerprint density at radius 1 is 1.20 bits per heavy atom. The maximum absolute atomic E-state index is 12.1. The minimum absolute atomic E-state index is 0.117. The maximum Gasteiger partial charge on any atom is 0.408 e. The highest BCUT2D eigenvalue weighted by atomic mass is 16.6. The number of carbonyl (C=O) groups is 2. The van der Waals surface area contributed by atoms with Crippen molar-refractivity contribution in [3.63, 3.8) is 0 Å². The zero-order chi connectivity index (χ0) is 14.9. The van der Waals surface area contributed by atoms with Gasteiger partial charge in [-0.3, -0.25) is 4.79 Å². The standard InChI is InChI=1S/C15H26N2O3/c1-9(16-14(19)20-15(2,3)4)13(18)17-12-8-10-5-6-11(12)7-10/h9-12H,5-8H2,1-4H3,(H,16,19)(H,17,18). The van der Waals surface area contributed by atoms with Crippen molar-refractivity contribution in [1.82, 2.24) is 10.6 Å². The fourth-order valence-electron chi connectivity index (χ4n) is 3.28. The van der Waals surface area contributed by atoms with Gasteiger partial charge in [0.15, 0.2) is 0 Å². The van der Waals surface area contributed by atoms with Gasteiger partial charge >= 0.3 is 6.09 Å². The topological polar surface area (TPSA) is 67.4 Å². The lowest BCUT2D eigenvalue weighted by Gasteiger charge is -2.25. The molecule has 0 aromatic carbocycles. The van der Waals surface area contributed by atoms with Crippen molar-refractivity contribution < 1.29 is 14.3 Å². The Balaban J connectivity index is 1.76. The van der Waals surface area contributed by atoms with Crippen LogP contribution in [0.2, 0.25) is 0 Å². The molecule has 0 aliphatic heterocycles. The molecule has 0 aromatic heterocycles. The molecule has 4 unspecified atom stereocenters. The van der Waals surface area contributed by atoms with E-state index in [1.165, 1.54) is 19.3 Å². The Bertz CT molecular complexity index is 389. The summed E-state index contributed by atoms with van der Waals surface area (Å²) in [6.07, 6.45) is 4.33. The van der Waals surface area contributed by atoms with E-state index < -0.39 is 17.7 Å². The Morgan fingerprint density at radius 3 is 2.40 bits per heavy atom. The number of alkyl carbamates (subject to hydrolysis) is 1. The van der Waals surface area contributed by atoms with Crippen LogP contribution in [-0.2, 0) is 9.53 Å². The summed E-state index contributed by atoms with van der Waals surface area (Å²) in [5.74, 6) is 1.31. The van der Waals surface area contributed by atoms with Crippen LogP contribution in [0.3, 0.4) is 0 Å². The Morgan fingerprint density at radius 2 is 1.90 bits per heavy atom. The average Bonchev–Trinajstić information content (AvgIpc) is 2.87. The van der Waals surface area contributed by atoms with Gasteiger partial charge in [-0.15, -0.1) is 0 Å². The summed E-state index contributed by atoms with van der Waals surface area (Å²) in [7, 11) is 0. The first-order valence-electron chi connectivity index (χ1n) is 7.54. The van der Waals surface area contributed by atoms with Gasteiger partial charge in [-0.2, -0.15) is 0 Å². The molecular weight excluding hydrogens is 256 g/mol. The lowest BCUT2D eigenvalue weighted by Crippen LogP contribution is -2.50. The predicted molar refractivity (Wildman–Crippen MR) is 76.2 cm³/mol. The fourth-order valence-corrected chi connectivity index (χ4v) is 3.28. The van der Waals surface area contributed by atoms with Gasteiger partial charge in [0.2, 0.25) is 5.91 Å². The van der Waals surface area contributed by atoms with E-state index in [9.17, 15) is 9.59 Å². The molecule has 5 nitrogen and oxygen atoms in total. The van der Waals surface area contributed by atoms with E-state index in [0.29, 0.717) is 12.0 Å². The Kier molecular flexibility index (Phi) is 4.25. The number of fused-ring (bicyclic) bond motifs is 2. The van der Waals surface area contributed by atoms with Gasteiger partial charge in [0.05, 0.1) is 0 Å². The molecule has 2 aliphatic rings. The molecule has 4 atom stereocenters. The minimum atomic E-state index is -0.566. The second kappa shape index (κ2) is 5.62. The molecule has 2 bridgehead atoms. The Labute approximate surface area is 120 Å². The largest absolute Gasteiger partial charge is 0.444 e. The summed E-state index contributed by atoms with van der Waals surface area (Å²) in [6, 6.07) is -0.270. The molecule has 2 amide bonds. The molecule has 2 saturated carbocycles. The lowest BCUT2D eigenvalue weighted by atomic mass is 9.95. The zero-order valence-electron chi connectivity index (χ0n) is 12.9. The number of nitrogens with one attached hydrogen (secondary N) is 2. The number of rotatable bonds is 3. The summed E-state index contributed by atoms with van der Waals surface area (Å²) < 4.78 is 5.15. The average molecular weight is 282 g/mol. The molecule has 0 saturated heterocycles. The second-order valence-electron chi connectivity index (χ2n) is 7.16. The molecule has 2 rings (SSSR count). The molecule has 2 fully saturated rings. The van der Waals surface area contributed by atoms with Crippen LogP contribution in [0.5, 0.6) is 0 Å². The fraction of sp³-hybridized carbons (Fsp3) is 0.867. The van der Waals surface area contributed by atoms with E-state index in [-0.39, 0.29) is 5.91 Å². The van der Waals surface area contributed by atoms with Crippen molar-refractivity contribution >= 4 is 12.0 Å². The third-order valence-electron chi connectivity index (χ3n) is 4.19. The molecular formula is C15H26N2O3. The molecule has 114 valence electrons. The van der Waals surface area contributed by atoms with E-state index in [2.05, 4.69) is 10.6 Å². The monoisotopic (exact) mass is 282 g/mol. The Hall–Kier alpha value is -1.26. The van der Waals surface area contributed by atoms with Gasteiger partial charge in [-0.25, -0.2) is 4.79 Å². The third kappa shape index (κ3) is 3.87. The molecule has 0 heterocycles. The number of ether oxygens (including phenoxy) is 1. The van der Waals surface area contributed by atoms with Gasteiger partial charge in [-0.1, -0.05) is 6.42 Å². The molecule has 20 heavy (non-hydrogen) atoms. The molecule has 0 aromatic rings. The highest BCUT2D eigenvalue weighted by Crippen LogP contribution is 2.44. The van der Waals surface area contributed by atoms with Crippen LogP contribution < -0.4 is 10.6 Å². The van der Waals surface area contributed by atoms with Crippen LogP contribution in [0.15, 0.2) is 0 Å². The van der Waals surface area contributed by atoms with Gasteiger partial charge in [0.25, 0.3) is 0 Å². The second-order valence-corrected chi connectivity index (χ2v) is 7.16. The van der Waals surface area contributed by atoms with Crippen LogP contribution in [0, 0.1) is 11.8 Å². The smallest absolute Gasteiger partial charge is 0.408 e. The van der Waals surface area contributed by atoms with Crippen LogP contribution in [0.1, 0.15) is 53.4 Å². The molecule has 2 aliphatic carbocycles. The van der Waals surface area contributed by atoms with Crippen molar-refractivity contribution in [2.24, 2.45) is 11.8 Å². The first-order chi connectivity index (χ1) is 9.24. The lowest BCUT2D eigenvalue weighted by molar-refractivity contribution is -0.123. The van der Waals surface area contributed by atoms with Crippen molar-refractivity contribution in [3.05, 3.63) is 0 Å². The van der Waals surface area contributed by atoms with Crippen LogP contribution >= 0.6 is 0 Å². The van der Waals surface area contributed by atoms with Crippen LogP contribution in [0.25, 0.3) is 0 Å². The minimum Gasteiger partial charge on any atom is -0.444 e. The van der Waals surface area contributed by atoms with Gasteiger partial charge < -0.3 is 15.4 Å². The molecule has 0 spiro atoms. The van der Waals surface area contributed by atoms with Crippen molar-refractivity contribution in [3.8, 4) is 0 Å². The summed E-state index contributed by atoms with van der Waals surface area (Å²) >= 11 is 0. The first kappa shape index (κ1) is 15.1. The molecule has 5 heteroatoms. The van der Waals surface area contributed by atoms with Crippen LogP contribution in [0.4, 0.5) is 4.79 Å². The van der Waals surface area contributed by atoms with Gasteiger partial charge in [0.1, 0.15) is 11.6 Å². The number of amides is 2. The maximum atomic E-state index is 12.1. The summed E-state index contributed by atoms with van der Waals surface area (Å²) in [4.78, 5) is 23.7. The zero-order valence-corrected chi connectivity index (χ0v) is 12.9. The molecule has 0 radical (unpaired) electrons. The third-order valence-corrected chi connectivity index (χ3v) is 4.19. The predicted octanol–water partition coefficient (Wildman–Crippen LogP) is 2.20. The quantitative estimate of drug-likeness (QED) is 0.834. The van der Waals surface area contributed by atoms with Crippen molar-refractivity contribution in [2.45, 2.75) is 71.1 Å². The van der Waals surface area contributed by atoms with Crippen molar-refractivity contribution in [1.29, 1.82) is 0 Å². The summed E-state index contributed by atoms with van der Waals surface area (Å²) in [5.41, 5.74) is -0.551. The summed E-state index contributed by atoms with van der Waals surface area (Å²) in [5, 5.41) is 5.65. The summed E-state index contributed by atoms with van der Waals surface area (Å²) in [6.45, 7) is 7.08. The number of hydrogen-bond acceptors (Lipinski definition) is 3. The van der Waals surface area contributed by atoms with E-state index in [1.54, 1.807) is 27.7 Å². The highest BCUT2D eigenvalue weighted by molar-refractivity contribution is 5.85. The number of hydrogen-bond donors (Lipinski definition) is 2. The SMILES string of the molecule is CC(NC(=O)OC(C)(C)C)C(=O)NC1CC2CCC1C2. The normalized spacial score (nSPS) is 29.9. The first-order valence-corrected chi connectivity index (χ1v) is 7.54. The number of carbonyl (C=O) groups excluding carboxylic acids is 2. The van der Waals surface area contributed by atoms with Gasteiger partial charge in [-0.05, 0) is 58.8 Å².